The van der Waals surface area contributed by atoms with Gasteiger partial charge in [0.1, 0.15) is 5.65 Å². The molecule has 0 radical (unpaired) electrons. The highest BCUT2D eigenvalue weighted by molar-refractivity contribution is 6.38. The Morgan fingerprint density at radius 1 is 1.21 bits per heavy atom. The molecule has 1 saturated heterocycles. The lowest BCUT2D eigenvalue weighted by molar-refractivity contribution is 0.694. The molecule has 2 unspecified atom stereocenters. The summed E-state index contributed by atoms with van der Waals surface area (Å²) in [5.74, 6) is 1.72. The SMILES string of the molecule is Cn1cc2c(Cl)c(-c3c[nH]c4nc(N5CC6C(N)C6C5)n(C)c(=O)c34)ccc2n1. The number of halogens is 1. The van der Waals surface area contributed by atoms with Crippen LogP contribution < -0.4 is 16.2 Å². The molecule has 1 aromatic carbocycles. The minimum absolute atomic E-state index is 0.0894. The summed E-state index contributed by atoms with van der Waals surface area (Å²) >= 11 is 6.69. The van der Waals surface area contributed by atoms with E-state index in [0.29, 0.717) is 39.9 Å². The number of aromatic nitrogens is 5. The lowest BCUT2D eigenvalue weighted by Crippen LogP contribution is -2.34. The minimum atomic E-state index is -0.0894. The van der Waals surface area contributed by atoms with Crippen LogP contribution in [0.15, 0.2) is 29.3 Å². The average Bonchev–Trinajstić information content (AvgIpc) is 3.17. The molecule has 2 fully saturated rings. The number of nitrogens with one attached hydrogen (secondary N) is 1. The molecule has 3 N–H and O–H groups in total. The molecule has 1 saturated carbocycles. The fraction of sp³-hybridized carbons (Fsp3) is 0.350. The second-order valence-corrected chi connectivity index (χ2v) is 8.55. The molecule has 0 spiro atoms. The smallest absolute Gasteiger partial charge is 0.264 e. The number of H-pyrrole nitrogens is 1. The number of benzene rings is 1. The third-order valence-electron chi connectivity index (χ3n) is 6.46. The van der Waals surface area contributed by atoms with Gasteiger partial charge in [0.2, 0.25) is 5.95 Å². The van der Waals surface area contributed by atoms with Crippen molar-refractivity contribution in [2.75, 3.05) is 18.0 Å². The Hall–Kier alpha value is -2.84. The second-order valence-electron chi connectivity index (χ2n) is 8.17. The summed E-state index contributed by atoms with van der Waals surface area (Å²) in [5.41, 5.74) is 8.90. The van der Waals surface area contributed by atoms with Crippen LogP contribution >= 0.6 is 11.6 Å². The van der Waals surface area contributed by atoms with Crippen LogP contribution in [0.2, 0.25) is 5.02 Å². The Morgan fingerprint density at radius 2 is 1.97 bits per heavy atom. The molecule has 4 aromatic rings. The van der Waals surface area contributed by atoms with Gasteiger partial charge in [0, 0.05) is 62.1 Å². The van der Waals surface area contributed by atoms with Crippen molar-refractivity contribution in [2.24, 2.45) is 31.7 Å². The van der Waals surface area contributed by atoms with Gasteiger partial charge in [-0.1, -0.05) is 17.7 Å². The first-order valence-electron chi connectivity index (χ1n) is 9.65. The van der Waals surface area contributed by atoms with Crippen LogP contribution in [0.1, 0.15) is 0 Å². The van der Waals surface area contributed by atoms with Crippen molar-refractivity contribution in [1.82, 2.24) is 24.3 Å². The van der Waals surface area contributed by atoms with E-state index in [0.717, 1.165) is 35.1 Å². The van der Waals surface area contributed by atoms with E-state index in [1.165, 1.54) is 0 Å². The maximum absolute atomic E-state index is 13.3. The van der Waals surface area contributed by atoms with Crippen LogP contribution in [0.3, 0.4) is 0 Å². The highest BCUT2D eigenvalue weighted by atomic mass is 35.5. The average molecular weight is 410 g/mol. The van der Waals surface area contributed by atoms with E-state index >= 15 is 0 Å². The molecule has 0 bridgehead atoms. The number of anilines is 1. The van der Waals surface area contributed by atoms with E-state index in [4.69, 9.17) is 22.3 Å². The summed E-state index contributed by atoms with van der Waals surface area (Å²) in [5, 5.41) is 6.37. The van der Waals surface area contributed by atoms with Gasteiger partial charge in [0.15, 0.2) is 0 Å². The molecule has 0 amide bonds. The third kappa shape index (κ3) is 2.27. The van der Waals surface area contributed by atoms with Gasteiger partial charge in [-0.15, -0.1) is 0 Å². The third-order valence-corrected chi connectivity index (χ3v) is 6.87. The predicted octanol–water partition coefficient (Wildman–Crippen LogP) is 1.86. The molecule has 29 heavy (non-hydrogen) atoms. The van der Waals surface area contributed by atoms with Crippen molar-refractivity contribution in [3.8, 4) is 11.1 Å². The van der Waals surface area contributed by atoms with E-state index in [9.17, 15) is 4.79 Å². The molecule has 3 aromatic heterocycles. The quantitative estimate of drug-likeness (QED) is 0.526. The van der Waals surface area contributed by atoms with Gasteiger partial charge < -0.3 is 15.6 Å². The number of aryl methyl sites for hydroxylation is 1. The highest BCUT2D eigenvalue weighted by Crippen LogP contribution is 2.45. The van der Waals surface area contributed by atoms with E-state index < -0.39 is 0 Å². The van der Waals surface area contributed by atoms with Gasteiger partial charge in [-0.05, 0) is 17.9 Å². The topological polar surface area (TPSA) is 97.8 Å². The van der Waals surface area contributed by atoms with Crippen LogP contribution in [-0.2, 0) is 14.1 Å². The van der Waals surface area contributed by atoms with E-state index in [2.05, 4.69) is 15.0 Å². The zero-order chi connectivity index (χ0) is 20.0. The Kier molecular flexibility index (Phi) is 3.30. The summed E-state index contributed by atoms with van der Waals surface area (Å²) in [6.07, 6.45) is 3.69. The van der Waals surface area contributed by atoms with Crippen LogP contribution in [0, 0.1) is 11.8 Å². The molecule has 1 aliphatic carbocycles. The zero-order valence-electron chi connectivity index (χ0n) is 16.1. The monoisotopic (exact) mass is 409 g/mol. The number of nitrogens with two attached hydrogens (primary N) is 1. The van der Waals surface area contributed by atoms with Crippen molar-refractivity contribution in [3.05, 3.63) is 39.9 Å². The first-order valence-corrected chi connectivity index (χ1v) is 10.0. The minimum Gasteiger partial charge on any atom is -0.345 e. The molecule has 6 rings (SSSR count). The molecule has 148 valence electrons. The number of nitrogens with zero attached hydrogens (tertiary/aromatic N) is 5. The van der Waals surface area contributed by atoms with Gasteiger partial charge >= 0.3 is 0 Å². The van der Waals surface area contributed by atoms with Gasteiger partial charge in [-0.3, -0.25) is 14.0 Å². The van der Waals surface area contributed by atoms with Gasteiger partial charge in [0.05, 0.1) is 15.9 Å². The second kappa shape index (κ2) is 5.61. The van der Waals surface area contributed by atoms with Gasteiger partial charge in [-0.2, -0.15) is 10.1 Å². The lowest BCUT2D eigenvalue weighted by Gasteiger charge is -2.22. The molecule has 9 heteroatoms. The van der Waals surface area contributed by atoms with Crippen molar-refractivity contribution < 1.29 is 0 Å². The van der Waals surface area contributed by atoms with Crippen molar-refractivity contribution >= 4 is 39.5 Å². The van der Waals surface area contributed by atoms with Crippen LogP contribution in [-0.4, -0.2) is 43.4 Å². The van der Waals surface area contributed by atoms with E-state index in [1.807, 2.05) is 31.6 Å². The fourth-order valence-electron chi connectivity index (χ4n) is 4.77. The van der Waals surface area contributed by atoms with Crippen molar-refractivity contribution in [2.45, 2.75) is 6.04 Å². The number of piperidine rings is 1. The highest BCUT2D eigenvalue weighted by Gasteiger charge is 2.54. The Labute approximate surface area is 170 Å². The first kappa shape index (κ1) is 17.1. The molecule has 4 heterocycles. The predicted molar refractivity (Wildman–Crippen MR) is 113 cm³/mol. The summed E-state index contributed by atoms with van der Waals surface area (Å²) in [7, 11) is 3.63. The largest absolute Gasteiger partial charge is 0.345 e. The Balaban J connectivity index is 1.51. The summed E-state index contributed by atoms with van der Waals surface area (Å²) in [6, 6.07) is 4.12. The fourth-order valence-corrected chi connectivity index (χ4v) is 5.08. The molecule has 2 aliphatic rings. The normalized spacial score (nSPS) is 23.3. The number of aromatic amines is 1. The first-order chi connectivity index (χ1) is 13.9. The van der Waals surface area contributed by atoms with Crippen LogP contribution in [0.5, 0.6) is 0 Å². The number of hydrogen-bond acceptors (Lipinski definition) is 5. The molecular weight excluding hydrogens is 390 g/mol. The molecule has 1 aliphatic heterocycles. The van der Waals surface area contributed by atoms with Gasteiger partial charge in [0.25, 0.3) is 5.56 Å². The van der Waals surface area contributed by atoms with Crippen molar-refractivity contribution in [1.29, 1.82) is 0 Å². The van der Waals surface area contributed by atoms with Crippen LogP contribution in [0.4, 0.5) is 5.95 Å². The van der Waals surface area contributed by atoms with Crippen LogP contribution in [0.25, 0.3) is 33.1 Å². The van der Waals surface area contributed by atoms with E-state index in [-0.39, 0.29) is 5.56 Å². The number of fused-ring (bicyclic) bond motifs is 3. The maximum Gasteiger partial charge on any atom is 0.264 e. The number of rotatable bonds is 2. The maximum atomic E-state index is 13.3. The standard InChI is InChI=1S/C20H20ClN7O/c1-26-6-13-14(25-26)4-3-9(16(13)21)10-5-23-18-15(10)19(29)27(2)20(24-18)28-7-11-12(8-28)17(11)22/h3-6,11-12,17,23H,7-8,22H2,1-2H3. The van der Waals surface area contributed by atoms with E-state index in [1.54, 1.807) is 16.3 Å². The number of hydrogen-bond donors (Lipinski definition) is 2. The summed E-state index contributed by atoms with van der Waals surface area (Å²) in [6.45, 7) is 1.71. The molecule has 8 nitrogen and oxygen atoms in total. The molecular formula is C20H20ClN7O. The summed E-state index contributed by atoms with van der Waals surface area (Å²) in [4.78, 5) is 23.4. The molecule has 2 atom stereocenters. The Morgan fingerprint density at radius 3 is 2.72 bits per heavy atom. The summed E-state index contributed by atoms with van der Waals surface area (Å²) < 4.78 is 3.36. The van der Waals surface area contributed by atoms with Gasteiger partial charge in [-0.25, -0.2) is 0 Å². The zero-order valence-corrected chi connectivity index (χ0v) is 16.8. The Bertz CT molecular complexity index is 1350. The lowest BCUT2D eigenvalue weighted by atomic mass is 10.0. The van der Waals surface area contributed by atoms with Crippen molar-refractivity contribution in [3.63, 3.8) is 0 Å².